The van der Waals surface area contributed by atoms with Gasteiger partial charge in [-0.3, -0.25) is 4.79 Å². The van der Waals surface area contributed by atoms with Crippen molar-refractivity contribution in [3.8, 4) is 5.75 Å². The molecule has 1 unspecified atom stereocenters. The Morgan fingerprint density at radius 1 is 1.50 bits per heavy atom. The second-order valence-electron chi connectivity index (χ2n) is 6.14. The molecule has 1 fully saturated rings. The van der Waals surface area contributed by atoms with Gasteiger partial charge in [0.15, 0.2) is 0 Å². The third-order valence-corrected chi connectivity index (χ3v) is 3.74. The summed E-state index contributed by atoms with van der Waals surface area (Å²) in [4.78, 5) is 11.0. The molecule has 2 N–H and O–H groups in total. The molecule has 0 saturated carbocycles. The number of piperidine rings is 1. The van der Waals surface area contributed by atoms with E-state index in [0.29, 0.717) is 5.75 Å². The van der Waals surface area contributed by atoms with Crippen molar-refractivity contribution in [3.05, 3.63) is 29.8 Å². The molecule has 1 saturated heterocycles. The standard InChI is InChI=1S/C16H23NO3/c1-11(18)20-13-7-4-6-12(10-13)15(19)14-8-5-9-16(2,3)17-14/h4,6-7,10,14-15,17,19H,5,8-9H2,1-3H3/t14-,15?/m1/s1. The van der Waals surface area contributed by atoms with Crippen LogP contribution in [0.15, 0.2) is 24.3 Å². The number of esters is 1. The lowest BCUT2D eigenvalue weighted by molar-refractivity contribution is -0.131. The topological polar surface area (TPSA) is 58.6 Å². The number of aliphatic hydroxyl groups excluding tert-OH is 1. The summed E-state index contributed by atoms with van der Waals surface area (Å²) >= 11 is 0. The van der Waals surface area contributed by atoms with Gasteiger partial charge in [-0.15, -0.1) is 0 Å². The van der Waals surface area contributed by atoms with E-state index in [9.17, 15) is 9.90 Å². The van der Waals surface area contributed by atoms with Crippen LogP contribution < -0.4 is 10.1 Å². The molecule has 0 radical (unpaired) electrons. The summed E-state index contributed by atoms with van der Waals surface area (Å²) in [6, 6.07) is 7.14. The Labute approximate surface area is 120 Å². The van der Waals surface area contributed by atoms with E-state index in [4.69, 9.17) is 4.74 Å². The molecule has 4 nitrogen and oxygen atoms in total. The predicted octanol–water partition coefficient (Wildman–Crippen LogP) is 2.57. The number of aliphatic hydroxyl groups is 1. The minimum absolute atomic E-state index is 0.0336. The zero-order valence-electron chi connectivity index (χ0n) is 12.3. The Bertz CT molecular complexity index is 484. The third kappa shape index (κ3) is 3.81. The van der Waals surface area contributed by atoms with Gasteiger partial charge in [0.05, 0.1) is 6.10 Å². The van der Waals surface area contributed by atoms with Crippen molar-refractivity contribution < 1.29 is 14.6 Å². The first-order valence-corrected chi connectivity index (χ1v) is 7.11. The molecule has 0 spiro atoms. The summed E-state index contributed by atoms with van der Waals surface area (Å²) in [5.74, 6) is 0.123. The molecule has 1 aromatic rings. The SMILES string of the molecule is CC(=O)Oc1cccc(C(O)[C@H]2CCCC(C)(C)N2)c1. The van der Waals surface area contributed by atoms with Crippen molar-refractivity contribution in [2.45, 2.75) is 57.7 Å². The summed E-state index contributed by atoms with van der Waals surface area (Å²) in [6.07, 6.45) is 2.57. The molecule has 110 valence electrons. The first kappa shape index (κ1) is 15.0. The number of carbonyl (C=O) groups excluding carboxylic acids is 1. The number of hydrogen-bond acceptors (Lipinski definition) is 4. The number of rotatable bonds is 3. The van der Waals surface area contributed by atoms with Gasteiger partial charge >= 0.3 is 5.97 Å². The molecule has 1 aliphatic rings. The van der Waals surface area contributed by atoms with Crippen molar-refractivity contribution in [1.82, 2.24) is 5.32 Å². The molecule has 4 heteroatoms. The van der Waals surface area contributed by atoms with Gasteiger partial charge in [0.2, 0.25) is 0 Å². The van der Waals surface area contributed by atoms with Crippen molar-refractivity contribution in [2.75, 3.05) is 0 Å². The van der Waals surface area contributed by atoms with Gasteiger partial charge in [-0.05, 0) is 50.8 Å². The van der Waals surface area contributed by atoms with Crippen LogP contribution in [0.5, 0.6) is 5.75 Å². The average molecular weight is 277 g/mol. The van der Waals surface area contributed by atoms with Crippen LogP contribution in [0, 0.1) is 0 Å². The minimum atomic E-state index is -0.593. The Morgan fingerprint density at radius 2 is 2.25 bits per heavy atom. The fourth-order valence-corrected chi connectivity index (χ4v) is 2.81. The van der Waals surface area contributed by atoms with E-state index in [0.717, 1.165) is 24.8 Å². The van der Waals surface area contributed by atoms with Gasteiger partial charge in [-0.25, -0.2) is 0 Å². The third-order valence-electron chi connectivity index (χ3n) is 3.74. The predicted molar refractivity (Wildman–Crippen MR) is 77.6 cm³/mol. The lowest BCUT2D eigenvalue weighted by Crippen LogP contribution is -2.51. The summed E-state index contributed by atoms with van der Waals surface area (Å²) in [7, 11) is 0. The van der Waals surface area contributed by atoms with Gasteiger partial charge in [-0.1, -0.05) is 12.1 Å². The normalized spacial score (nSPS) is 23.1. The van der Waals surface area contributed by atoms with E-state index in [2.05, 4.69) is 19.2 Å². The van der Waals surface area contributed by atoms with Gasteiger partial charge in [0.25, 0.3) is 0 Å². The Kier molecular flexibility index (Phi) is 4.45. The summed E-state index contributed by atoms with van der Waals surface area (Å²) in [5, 5.41) is 14.0. The van der Waals surface area contributed by atoms with Gasteiger partial charge in [0, 0.05) is 18.5 Å². The average Bonchev–Trinajstić information content (AvgIpc) is 2.36. The molecule has 2 atom stereocenters. The molecular formula is C16H23NO3. The molecule has 20 heavy (non-hydrogen) atoms. The van der Waals surface area contributed by atoms with E-state index < -0.39 is 6.10 Å². The molecule has 2 rings (SSSR count). The van der Waals surface area contributed by atoms with E-state index >= 15 is 0 Å². The fraction of sp³-hybridized carbons (Fsp3) is 0.562. The van der Waals surface area contributed by atoms with E-state index in [-0.39, 0.29) is 17.6 Å². The molecule has 0 aliphatic carbocycles. The molecule has 0 aromatic heterocycles. The Hall–Kier alpha value is -1.39. The second kappa shape index (κ2) is 5.94. The zero-order valence-corrected chi connectivity index (χ0v) is 12.3. The second-order valence-corrected chi connectivity index (χ2v) is 6.14. The van der Waals surface area contributed by atoms with Crippen LogP contribution in [0.1, 0.15) is 51.7 Å². The molecule has 0 bridgehead atoms. The van der Waals surface area contributed by atoms with Crippen LogP contribution in [0.2, 0.25) is 0 Å². The molecular weight excluding hydrogens is 254 g/mol. The van der Waals surface area contributed by atoms with Crippen molar-refractivity contribution >= 4 is 5.97 Å². The van der Waals surface area contributed by atoms with Crippen LogP contribution in [-0.2, 0) is 4.79 Å². The Balaban J connectivity index is 2.12. The lowest BCUT2D eigenvalue weighted by atomic mass is 9.85. The van der Waals surface area contributed by atoms with Gasteiger partial charge in [-0.2, -0.15) is 0 Å². The number of ether oxygens (including phenoxy) is 1. The lowest BCUT2D eigenvalue weighted by Gasteiger charge is -2.39. The maximum Gasteiger partial charge on any atom is 0.308 e. The monoisotopic (exact) mass is 277 g/mol. The number of nitrogens with one attached hydrogen (secondary N) is 1. The van der Waals surface area contributed by atoms with Crippen LogP contribution >= 0.6 is 0 Å². The van der Waals surface area contributed by atoms with Gasteiger partial charge in [0.1, 0.15) is 5.75 Å². The largest absolute Gasteiger partial charge is 0.427 e. The quantitative estimate of drug-likeness (QED) is 0.658. The highest BCUT2D eigenvalue weighted by atomic mass is 16.5. The van der Waals surface area contributed by atoms with Gasteiger partial charge < -0.3 is 15.2 Å². The molecule has 1 aromatic carbocycles. The van der Waals surface area contributed by atoms with Crippen molar-refractivity contribution in [1.29, 1.82) is 0 Å². The molecule has 0 amide bonds. The zero-order chi connectivity index (χ0) is 14.8. The molecule has 1 heterocycles. The summed E-state index contributed by atoms with van der Waals surface area (Å²) < 4.78 is 5.06. The highest BCUT2D eigenvalue weighted by Crippen LogP contribution is 2.30. The van der Waals surface area contributed by atoms with Crippen LogP contribution in [-0.4, -0.2) is 22.7 Å². The highest BCUT2D eigenvalue weighted by molar-refractivity contribution is 5.69. The van der Waals surface area contributed by atoms with E-state index in [1.807, 2.05) is 6.07 Å². The van der Waals surface area contributed by atoms with Crippen LogP contribution in [0.25, 0.3) is 0 Å². The van der Waals surface area contributed by atoms with E-state index in [1.54, 1.807) is 18.2 Å². The summed E-state index contributed by atoms with van der Waals surface area (Å²) in [6.45, 7) is 5.68. The Morgan fingerprint density at radius 3 is 2.90 bits per heavy atom. The van der Waals surface area contributed by atoms with E-state index in [1.165, 1.54) is 6.92 Å². The maximum absolute atomic E-state index is 11.0. The number of hydrogen-bond donors (Lipinski definition) is 2. The van der Waals surface area contributed by atoms with Crippen molar-refractivity contribution in [2.24, 2.45) is 0 Å². The number of carbonyl (C=O) groups is 1. The van der Waals surface area contributed by atoms with Crippen LogP contribution in [0.3, 0.4) is 0 Å². The van der Waals surface area contributed by atoms with Crippen LogP contribution in [0.4, 0.5) is 0 Å². The summed E-state index contributed by atoms with van der Waals surface area (Å²) in [5.41, 5.74) is 0.830. The highest BCUT2D eigenvalue weighted by Gasteiger charge is 2.31. The fourth-order valence-electron chi connectivity index (χ4n) is 2.81. The first-order valence-electron chi connectivity index (χ1n) is 7.11. The number of benzene rings is 1. The first-order chi connectivity index (χ1) is 9.37. The maximum atomic E-state index is 11.0. The minimum Gasteiger partial charge on any atom is -0.427 e. The van der Waals surface area contributed by atoms with Crippen molar-refractivity contribution in [3.63, 3.8) is 0 Å². The smallest absolute Gasteiger partial charge is 0.308 e. The molecule has 1 aliphatic heterocycles.